The topological polar surface area (TPSA) is 74.1 Å². The molecule has 0 radical (unpaired) electrons. The zero-order chi connectivity index (χ0) is 19.7. The van der Waals surface area contributed by atoms with Gasteiger partial charge in [0.15, 0.2) is 11.6 Å². The molecule has 1 N–H and O–H groups in total. The molecule has 0 saturated carbocycles. The first-order chi connectivity index (χ1) is 13.5. The van der Waals surface area contributed by atoms with E-state index in [9.17, 15) is 9.50 Å². The van der Waals surface area contributed by atoms with Gasteiger partial charge in [0.25, 0.3) is 0 Å². The number of hydrogen-bond acceptors (Lipinski definition) is 7. The van der Waals surface area contributed by atoms with Gasteiger partial charge in [0.05, 0.1) is 30.1 Å². The Kier molecular flexibility index (Phi) is 5.65. The van der Waals surface area contributed by atoms with E-state index in [0.717, 1.165) is 10.9 Å². The molecule has 148 valence electrons. The number of hydrazone groups is 1. The molecular weight excluding hydrogens is 453 g/mol. The van der Waals surface area contributed by atoms with Crippen molar-refractivity contribution in [1.82, 2.24) is 9.97 Å². The molecule has 0 aliphatic carbocycles. The number of morpholine rings is 1. The molecule has 0 unspecified atom stereocenters. The van der Waals surface area contributed by atoms with Crippen LogP contribution in [0.3, 0.4) is 0 Å². The summed E-state index contributed by atoms with van der Waals surface area (Å²) in [6.07, 6.45) is 2.63. The molecule has 1 aromatic heterocycles. The molecule has 0 bridgehead atoms. The number of ether oxygens (including phenoxy) is 1. The van der Waals surface area contributed by atoms with Crippen LogP contribution in [0.4, 0.5) is 16.2 Å². The minimum absolute atomic E-state index is 0.0144. The molecule has 2 aliphatic rings. The van der Waals surface area contributed by atoms with Gasteiger partial charge in [-0.2, -0.15) is 10.1 Å². The van der Waals surface area contributed by atoms with Crippen molar-refractivity contribution in [2.75, 3.05) is 42.8 Å². The highest BCUT2D eigenvalue weighted by Gasteiger charge is 2.23. The third-order valence-corrected chi connectivity index (χ3v) is 5.36. The number of nitrogens with zero attached hydrogens (tertiary/aromatic N) is 5. The Morgan fingerprint density at radius 1 is 1.21 bits per heavy atom. The van der Waals surface area contributed by atoms with Gasteiger partial charge in [-0.05, 0) is 25.0 Å². The number of rotatable bonds is 3. The standard InChI is InChI=1S/C18H18BrClFN5O2/c19-11-8-12(16(27)13(20)9-11)15-2-1-3-26(24-15)18-22-10-14(21)17(23-18)25-4-6-28-7-5-25/h8-10,27H,1-7H2. The zero-order valence-corrected chi connectivity index (χ0v) is 17.2. The third-order valence-electron chi connectivity index (χ3n) is 4.62. The molecule has 28 heavy (non-hydrogen) atoms. The van der Waals surface area contributed by atoms with Gasteiger partial charge in [0.1, 0.15) is 5.75 Å². The van der Waals surface area contributed by atoms with E-state index in [1.807, 2.05) is 4.90 Å². The molecule has 10 heteroatoms. The lowest BCUT2D eigenvalue weighted by Gasteiger charge is -2.29. The van der Waals surface area contributed by atoms with Crippen molar-refractivity contribution in [2.45, 2.75) is 12.8 Å². The van der Waals surface area contributed by atoms with E-state index in [0.29, 0.717) is 56.5 Å². The number of phenolic OH excluding ortho intramolecular Hbond substituents is 1. The van der Waals surface area contributed by atoms with E-state index < -0.39 is 5.82 Å². The normalized spacial score (nSPS) is 17.6. The van der Waals surface area contributed by atoms with Crippen LogP contribution in [0.2, 0.25) is 5.02 Å². The summed E-state index contributed by atoms with van der Waals surface area (Å²) >= 11 is 9.47. The number of anilines is 2. The first kappa shape index (κ1) is 19.4. The zero-order valence-electron chi connectivity index (χ0n) is 14.9. The molecule has 2 aliphatic heterocycles. The largest absolute Gasteiger partial charge is 0.506 e. The van der Waals surface area contributed by atoms with Gasteiger partial charge in [-0.3, -0.25) is 0 Å². The maximum atomic E-state index is 14.3. The van der Waals surface area contributed by atoms with Crippen molar-refractivity contribution in [2.24, 2.45) is 5.10 Å². The molecule has 0 atom stereocenters. The van der Waals surface area contributed by atoms with E-state index >= 15 is 0 Å². The van der Waals surface area contributed by atoms with Gasteiger partial charge < -0.3 is 14.7 Å². The lowest BCUT2D eigenvalue weighted by atomic mass is 10.0. The molecule has 1 aromatic carbocycles. The second-order valence-electron chi connectivity index (χ2n) is 6.50. The average molecular weight is 471 g/mol. The van der Waals surface area contributed by atoms with Gasteiger partial charge in [0.2, 0.25) is 5.95 Å². The monoisotopic (exact) mass is 469 g/mol. The molecule has 0 spiro atoms. The van der Waals surface area contributed by atoms with Gasteiger partial charge in [-0.1, -0.05) is 27.5 Å². The summed E-state index contributed by atoms with van der Waals surface area (Å²) in [6.45, 7) is 2.82. The van der Waals surface area contributed by atoms with Gasteiger partial charge >= 0.3 is 0 Å². The van der Waals surface area contributed by atoms with E-state index in [4.69, 9.17) is 16.3 Å². The van der Waals surface area contributed by atoms with Gasteiger partial charge in [-0.15, -0.1) is 0 Å². The second-order valence-corrected chi connectivity index (χ2v) is 7.82. The number of halogens is 3. The molecule has 2 aromatic rings. The maximum absolute atomic E-state index is 14.3. The summed E-state index contributed by atoms with van der Waals surface area (Å²) in [5.74, 6) is 0.0902. The van der Waals surface area contributed by atoms with Crippen LogP contribution in [0.15, 0.2) is 27.9 Å². The molecular formula is C18H18BrClFN5O2. The molecule has 3 heterocycles. The summed E-state index contributed by atoms with van der Waals surface area (Å²) in [5, 5.41) is 16.8. The molecule has 4 rings (SSSR count). The molecule has 1 fully saturated rings. The van der Waals surface area contributed by atoms with Crippen LogP contribution in [0.25, 0.3) is 0 Å². The Balaban J connectivity index is 1.67. The van der Waals surface area contributed by atoms with Gasteiger partial charge in [0, 0.05) is 29.7 Å². The van der Waals surface area contributed by atoms with Crippen molar-refractivity contribution in [3.8, 4) is 5.75 Å². The number of benzene rings is 1. The summed E-state index contributed by atoms with van der Waals surface area (Å²) < 4.78 is 20.4. The van der Waals surface area contributed by atoms with Crippen molar-refractivity contribution >= 4 is 45.0 Å². The van der Waals surface area contributed by atoms with Crippen molar-refractivity contribution in [1.29, 1.82) is 0 Å². The fraction of sp³-hybridized carbons (Fsp3) is 0.389. The Morgan fingerprint density at radius 2 is 2.00 bits per heavy atom. The Bertz CT molecular complexity index is 923. The lowest BCUT2D eigenvalue weighted by Crippen LogP contribution is -2.38. The van der Waals surface area contributed by atoms with Crippen LogP contribution in [-0.4, -0.2) is 53.6 Å². The highest BCUT2D eigenvalue weighted by molar-refractivity contribution is 9.10. The van der Waals surface area contributed by atoms with Crippen LogP contribution >= 0.6 is 27.5 Å². The Morgan fingerprint density at radius 3 is 2.79 bits per heavy atom. The average Bonchev–Trinajstić information content (AvgIpc) is 2.72. The van der Waals surface area contributed by atoms with Crippen molar-refractivity contribution in [3.63, 3.8) is 0 Å². The fourth-order valence-electron chi connectivity index (χ4n) is 3.23. The predicted octanol–water partition coefficient (Wildman–Crippen LogP) is 3.58. The summed E-state index contributed by atoms with van der Waals surface area (Å²) in [6, 6.07) is 3.40. The smallest absolute Gasteiger partial charge is 0.248 e. The van der Waals surface area contributed by atoms with E-state index in [2.05, 4.69) is 31.0 Å². The van der Waals surface area contributed by atoms with Crippen LogP contribution in [0.1, 0.15) is 18.4 Å². The minimum Gasteiger partial charge on any atom is -0.506 e. The van der Waals surface area contributed by atoms with E-state index in [1.165, 1.54) is 6.20 Å². The first-order valence-corrected chi connectivity index (χ1v) is 10.1. The maximum Gasteiger partial charge on any atom is 0.248 e. The number of aromatic nitrogens is 2. The highest BCUT2D eigenvalue weighted by atomic mass is 79.9. The molecule has 1 saturated heterocycles. The minimum atomic E-state index is -0.469. The van der Waals surface area contributed by atoms with Crippen molar-refractivity contribution in [3.05, 3.63) is 39.2 Å². The Labute approximate surface area is 174 Å². The van der Waals surface area contributed by atoms with Crippen LogP contribution in [0.5, 0.6) is 5.75 Å². The van der Waals surface area contributed by atoms with Crippen LogP contribution in [0, 0.1) is 5.82 Å². The fourth-order valence-corrected chi connectivity index (χ4v) is 4.04. The van der Waals surface area contributed by atoms with E-state index in [1.54, 1.807) is 17.1 Å². The third kappa shape index (κ3) is 3.92. The van der Waals surface area contributed by atoms with Crippen LogP contribution in [-0.2, 0) is 4.74 Å². The highest BCUT2D eigenvalue weighted by Crippen LogP contribution is 2.34. The molecule has 0 amide bonds. The van der Waals surface area contributed by atoms with Gasteiger partial charge in [-0.25, -0.2) is 14.4 Å². The SMILES string of the molecule is Oc1c(Cl)cc(Br)cc1C1=NN(c2ncc(F)c(N3CCOCC3)n2)CCC1. The van der Waals surface area contributed by atoms with Crippen LogP contribution < -0.4 is 9.91 Å². The Hall–Kier alpha value is -1.97. The summed E-state index contributed by atoms with van der Waals surface area (Å²) in [5.41, 5.74) is 1.23. The molecule has 7 nitrogen and oxygen atoms in total. The number of phenols is 1. The summed E-state index contributed by atoms with van der Waals surface area (Å²) in [7, 11) is 0. The first-order valence-electron chi connectivity index (χ1n) is 8.91. The quantitative estimate of drug-likeness (QED) is 0.739. The predicted molar refractivity (Wildman–Crippen MR) is 109 cm³/mol. The lowest BCUT2D eigenvalue weighted by molar-refractivity contribution is 0.122. The van der Waals surface area contributed by atoms with Crippen molar-refractivity contribution < 1.29 is 14.2 Å². The number of aromatic hydroxyl groups is 1. The summed E-state index contributed by atoms with van der Waals surface area (Å²) in [4.78, 5) is 10.4. The van der Waals surface area contributed by atoms with E-state index in [-0.39, 0.29) is 16.6 Å². The second kappa shape index (κ2) is 8.18. The number of hydrogen-bond donors (Lipinski definition) is 1.